The molecule has 0 atom stereocenters. The molecule has 0 saturated heterocycles. The third-order valence-electron chi connectivity index (χ3n) is 1.48. The third kappa shape index (κ3) is 1.99. The van der Waals surface area contributed by atoms with Crippen molar-refractivity contribution in [1.82, 2.24) is 0 Å². The lowest BCUT2D eigenvalue weighted by atomic mass is 10.1. The lowest BCUT2D eigenvalue weighted by molar-refractivity contribution is 0.0993. The predicted octanol–water partition coefficient (Wildman–Crippen LogP) is 1.90. The fraction of sp³-hybridized carbons (Fsp3) is 0. The zero-order chi connectivity index (χ0) is 10.0. The number of hydrogen-bond acceptors (Lipinski definition) is 2. The zero-order valence-electron chi connectivity index (χ0n) is 6.38. The second-order valence-electron chi connectivity index (χ2n) is 2.34. The summed E-state index contributed by atoms with van der Waals surface area (Å²) in [6, 6.07) is 2.58. The summed E-state index contributed by atoms with van der Waals surface area (Å²) in [7, 11) is 0. The average Bonchev–Trinajstić information content (AvgIpc) is 2.08. The third-order valence-corrected chi connectivity index (χ3v) is 2.21. The Morgan fingerprint density at radius 3 is 2.31 bits per heavy atom. The minimum Gasteiger partial charge on any atom is -0.366 e. The summed E-state index contributed by atoms with van der Waals surface area (Å²) in [6.45, 7) is 0. The minimum atomic E-state index is -0.708. The monoisotopic (exact) mass is 217 g/mol. The molecular weight excluding hydrogens is 213 g/mol. The van der Waals surface area contributed by atoms with E-state index in [1.165, 1.54) is 12.1 Å². The van der Waals surface area contributed by atoms with Gasteiger partial charge in [0.15, 0.2) is 6.29 Å². The van der Waals surface area contributed by atoms with E-state index in [-0.39, 0.29) is 21.2 Å². The maximum atomic E-state index is 10.8. The smallest absolute Gasteiger partial charge is 0.249 e. The number of carbonyl (C=O) groups is 2. The molecular formula is C8H5Cl2NO2. The fourth-order valence-corrected chi connectivity index (χ4v) is 1.21. The van der Waals surface area contributed by atoms with Gasteiger partial charge >= 0.3 is 0 Å². The number of amides is 1. The molecule has 0 aromatic heterocycles. The number of primary amides is 1. The van der Waals surface area contributed by atoms with Crippen LogP contribution in [0, 0.1) is 0 Å². The van der Waals surface area contributed by atoms with Crippen molar-refractivity contribution in [1.29, 1.82) is 0 Å². The molecule has 0 aliphatic heterocycles. The summed E-state index contributed by atoms with van der Waals surface area (Å²) in [5.41, 5.74) is 5.22. The Hall–Kier alpha value is -1.06. The van der Waals surface area contributed by atoms with Crippen LogP contribution in [0.3, 0.4) is 0 Å². The Morgan fingerprint density at radius 2 is 1.85 bits per heavy atom. The average molecular weight is 218 g/mol. The van der Waals surface area contributed by atoms with Crippen LogP contribution in [0.25, 0.3) is 0 Å². The van der Waals surface area contributed by atoms with Crippen molar-refractivity contribution < 1.29 is 9.59 Å². The number of rotatable bonds is 2. The van der Waals surface area contributed by atoms with Gasteiger partial charge in [-0.25, -0.2) is 0 Å². The van der Waals surface area contributed by atoms with Gasteiger partial charge in [0.05, 0.1) is 15.6 Å². The van der Waals surface area contributed by atoms with Gasteiger partial charge < -0.3 is 5.73 Å². The number of nitrogens with two attached hydrogens (primary N) is 1. The van der Waals surface area contributed by atoms with E-state index in [2.05, 4.69) is 0 Å². The van der Waals surface area contributed by atoms with E-state index in [9.17, 15) is 9.59 Å². The fourth-order valence-electron chi connectivity index (χ4n) is 0.873. The summed E-state index contributed by atoms with van der Waals surface area (Å²) >= 11 is 11.3. The van der Waals surface area contributed by atoms with Crippen molar-refractivity contribution in [2.24, 2.45) is 5.73 Å². The second kappa shape index (κ2) is 3.77. The highest BCUT2D eigenvalue weighted by molar-refractivity contribution is 6.42. The van der Waals surface area contributed by atoms with Gasteiger partial charge in [0.1, 0.15) is 0 Å². The quantitative estimate of drug-likeness (QED) is 0.770. The summed E-state index contributed by atoms with van der Waals surface area (Å²) in [5.74, 6) is -0.708. The van der Waals surface area contributed by atoms with Gasteiger partial charge in [-0.1, -0.05) is 23.2 Å². The van der Waals surface area contributed by atoms with Crippen LogP contribution in [-0.4, -0.2) is 12.2 Å². The molecule has 13 heavy (non-hydrogen) atoms. The number of carbonyl (C=O) groups excluding carboxylic acids is 2. The summed E-state index contributed by atoms with van der Waals surface area (Å²) in [5, 5.41) is 0.412. The molecule has 1 amide bonds. The molecule has 0 unspecified atom stereocenters. The highest BCUT2D eigenvalue weighted by Crippen LogP contribution is 2.24. The van der Waals surface area contributed by atoms with E-state index < -0.39 is 5.91 Å². The van der Waals surface area contributed by atoms with Gasteiger partial charge in [0, 0.05) is 5.56 Å². The molecule has 5 heteroatoms. The Kier molecular flexibility index (Phi) is 2.90. The molecule has 0 aliphatic rings. The SMILES string of the molecule is NC(=O)c1cc(Cl)c(Cl)cc1C=O. The largest absolute Gasteiger partial charge is 0.366 e. The first kappa shape index (κ1) is 10.0. The van der Waals surface area contributed by atoms with Gasteiger partial charge in [-0.05, 0) is 12.1 Å². The first-order valence-corrected chi connectivity index (χ1v) is 4.06. The summed E-state index contributed by atoms with van der Waals surface area (Å²) < 4.78 is 0. The standard InChI is InChI=1S/C8H5Cl2NO2/c9-6-1-4(3-12)5(8(11)13)2-7(6)10/h1-3H,(H2,11,13). The van der Waals surface area contributed by atoms with Gasteiger partial charge in [0.25, 0.3) is 0 Å². The van der Waals surface area contributed by atoms with Crippen LogP contribution >= 0.6 is 23.2 Å². The molecule has 0 spiro atoms. The van der Waals surface area contributed by atoms with Gasteiger partial charge in [-0.2, -0.15) is 0 Å². The van der Waals surface area contributed by atoms with Gasteiger partial charge in [0.2, 0.25) is 5.91 Å². The first-order chi connectivity index (χ1) is 6.06. The van der Waals surface area contributed by atoms with Crippen LogP contribution < -0.4 is 5.73 Å². The van der Waals surface area contributed by atoms with Crippen molar-refractivity contribution in [3.8, 4) is 0 Å². The molecule has 0 bridgehead atoms. The molecule has 1 rings (SSSR count). The molecule has 0 saturated carbocycles. The van der Waals surface area contributed by atoms with Crippen molar-refractivity contribution >= 4 is 35.4 Å². The number of benzene rings is 1. The molecule has 0 fully saturated rings. The lowest BCUT2D eigenvalue weighted by Gasteiger charge is -2.02. The molecule has 2 N–H and O–H groups in total. The van der Waals surface area contributed by atoms with Crippen LogP contribution in [0.1, 0.15) is 20.7 Å². The molecule has 1 aromatic carbocycles. The Morgan fingerprint density at radius 1 is 1.31 bits per heavy atom. The Bertz CT molecular complexity index is 377. The minimum absolute atomic E-state index is 0.0735. The summed E-state index contributed by atoms with van der Waals surface area (Å²) in [6.07, 6.45) is 0.502. The normalized spacial score (nSPS) is 9.69. The van der Waals surface area contributed by atoms with Gasteiger partial charge in [-0.15, -0.1) is 0 Å². The van der Waals surface area contributed by atoms with Crippen molar-refractivity contribution in [3.63, 3.8) is 0 Å². The van der Waals surface area contributed by atoms with Crippen molar-refractivity contribution in [2.45, 2.75) is 0 Å². The molecule has 68 valence electrons. The number of aldehydes is 1. The molecule has 0 radical (unpaired) electrons. The van der Waals surface area contributed by atoms with Crippen molar-refractivity contribution in [3.05, 3.63) is 33.3 Å². The van der Waals surface area contributed by atoms with E-state index in [4.69, 9.17) is 28.9 Å². The second-order valence-corrected chi connectivity index (χ2v) is 3.15. The number of hydrogen-bond donors (Lipinski definition) is 1. The van der Waals surface area contributed by atoms with E-state index in [1.807, 2.05) is 0 Å². The Balaban J connectivity index is 3.41. The lowest BCUT2D eigenvalue weighted by Crippen LogP contribution is -2.13. The highest BCUT2D eigenvalue weighted by Gasteiger charge is 2.10. The van der Waals surface area contributed by atoms with Crippen LogP contribution in [0.5, 0.6) is 0 Å². The van der Waals surface area contributed by atoms with Crippen LogP contribution in [0.2, 0.25) is 10.0 Å². The molecule has 0 aliphatic carbocycles. The zero-order valence-corrected chi connectivity index (χ0v) is 7.89. The molecule has 1 aromatic rings. The van der Waals surface area contributed by atoms with E-state index >= 15 is 0 Å². The predicted molar refractivity (Wildman–Crippen MR) is 50.4 cm³/mol. The Labute approximate surface area is 84.4 Å². The van der Waals surface area contributed by atoms with E-state index in [1.54, 1.807) is 0 Å². The summed E-state index contributed by atoms with van der Waals surface area (Å²) in [4.78, 5) is 21.3. The van der Waals surface area contributed by atoms with Crippen molar-refractivity contribution in [2.75, 3.05) is 0 Å². The highest BCUT2D eigenvalue weighted by atomic mass is 35.5. The van der Waals surface area contributed by atoms with Crippen LogP contribution in [-0.2, 0) is 0 Å². The van der Waals surface area contributed by atoms with Crippen LogP contribution in [0.4, 0.5) is 0 Å². The number of halogens is 2. The maximum absolute atomic E-state index is 10.8. The molecule has 3 nitrogen and oxygen atoms in total. The first-order valence-electron chi connectivity index (χ1n) is 3.30. The maximum Gasteiger partial charge on any atom is 0.249 e. The van der Waals surface area contributed by atoms with Gasteiger partial charge in [-0.3, -0.25) is 9.59 Å². The van der Waals surface area contributed by atoms with Crippen LogP contribution in [0.15, 0.2) is 12.1 Å². The van der Waals surface area contributed by atoms with E-state index in [0.29, 0.717) is 6.29 Å². The molecule has 0 heterocycles. The topological polar surface area (TPSA) is 60.2 Å². The van der Waals surface area contributed by atoms with E-state index in [0.717, 1.165) is 0 Å².